The lowest BCUT2D eigenvalue weighted by Crippen LogP contribution is -2.28. The highest BCUT2D eigenvalue weighted by Crippen LogP contribution is 2.25. The van der Waals surface area contributed by atoms with Gasteiger partial charge in [-0.05, 0) is 29.0 Å². The van der Waals surface area contributed by atoms with Gasteiger partial charge in [-0.1, -0.05) is 48.0 Å². The fourth-order valence-corrected chi connectivity index (χ4v) is 3.35. The number of nitrogens with zero attached hydrogens (tertiary/aromatic N) is 2. The molecule has 132 valence electrons. The van der Waals surface area contributed by atoms with Crippen LogP contribution in [0.15, 0.2) is 76.3 Å². The molecule has 0 radical (unpaired) electrons. The molecular formula is C20H11ClN2O4. The predicted octanol–water partition coefficient (Wildman–Crippen LogP) is 4.07. The van der Waals surface area contributed by atoms with E-state index in [-0.39, 0.29) is 16.4 Å². The highest BCUT2D eigenvalue weighted by Gasteiger charge is 2.17. The molecular weight excluding hydrogens is 368 g/mol. The van der Waals surface area contributed by atoms with E-state index in [1.54, 1.807) is 48.5 Å². The van der Waals surface area contributed by atoms with Crippen molar-refractivity contribution in [3.8, 4) is 5.69 Å². The van der Waals surface area contributed by atoms with Gasteiger partial charge in [0.05, 0.1) is 15.6 Å². The van der Waals surface area contributed by atoms with E-state index in [0.717, 1.165) is 10.6 Å². The fourth-order valence-electron chi connectivity index (χ4n) is 3.15. The Morgan fingerprint density at radius 2 is 1.26 bits per heavy atom. The number of rotatable bonds is 2. The van der Waals surface area contributed by atoms with E-state index in [2.05, 4.69) is 0 Å². The van der Waals surface area contributed by atoms with Gasteiger partial charge >= 0.3 is 0 Å². The molecule has 0 unspecified atom stereocenters. The molecule has 0 saturated heterocycles. The van der Waals surface area contributed by atoms with E-state index in [1.807, 2.05) is 0 Å². The van der Waals surface area contributed by atoms with E-state index in [1.165, 1.54) is 12.1 Å². The first kappa shape index (κ1) is 16.9. The molecule has 0 saturated carbocycles. The van der Waals surface area contributed by atoms with E-state index in [4.69, 9.17) is 11.6 Å². The van der Waals surface area contributed by atoms with Crippen molar-refractivity contribution in [1.29, 1.82) is 0 Å². The van der Waals surface area contributed by atoms with E-state index >= 15 is 0 Å². The molecule has 0 amide bonds. The lowest BCUT2D eigenvalue weighted by Gasteiger charge is -2.05. The molecule has 0 spiro atoms. The van der Waals surface area contributed by atoms with Gasteiger partial charge in [0.15, 0.2) is 0 Å². The standard InChI is InChI=1S/C20H11ClN2O4/c21-17-10-9-12(23(26)27)11-18(17)22-19(24)15-7-3-1-5-13(15)14-6-2-4-8-16(14)20(22)25/h1-11H. The van der Waals surface area contributed by atoms with Gasteiger partial charge in [-0.25, -0.2) is 4.57 Å². The average molecular weight is 379 g/mol. The van der Waals surface area contributed by atoms with Gasteiger partial charge in [-0.15, -0.1) is 0 Å². The van der Waals surface area contributed by atoms with Crippen LogP contribution in [0.5, 0.6) is 0 Å². The van der Waals surface area contributed by atoms with Crippen LogP contribution in [-0.4, -0.2) is 9.49 Å². The monoisotopic (exact) mass is 378 g/mol. The SMILES string of the molecule is O=c1c2ccccc2c2ccccc2c(=O)n1-c1cc([N+](=O)[O-])ccc1Cl. The minimum Gasteiger partial charge on any atom is -0.268 e. The Morgan fingerprint density at radius 1 is 0.778 bits per heavy atom. The van der Waals surface area contributed by atoms with Crippen LogP contribution in [0.2, 0.25) is 5.02 Å². The molecule has 0 bridgehead atoms. The molecule has 6 nitrogen and oxygen atoms in total. The van der Waals surface area contributed by atoms with Crippen molar-refractivity contribution in [3.63, 3.8) is 0 Å². The zero-order valence-corrected chi connectivity index (χ0v) is 14.5. The molecule has 27 heavy (non-hydrogen) atoms. The molecule has 0 aliphatic rings. The number of benzene rings is 3. The fraction of sp³-hybridized carbons (Fsp3) is 0. The zero-order chi connectivity index (χ0) is 19.1. The second-order valence-electron chi connectivity index (χ2n) is 5.93. The van der Waals surface area contributed by atoms with Crippen LogP contribution in [-0.2, 0) is 0 Å². The van der Waals surface area contributed by atoms with Gasteiger partial charge < -0.3 is 0 Å². The number of fused-ring (bicyclic) bond motifs is 3. The molecule has 4 aromatic rings. The lowest BCUT2D eigenvalue weighted by molar-refractivity contribution is -0.384. The molecule has 0 atom stereocenters. The van der Waals surface area contributed by atoms with Gasteiger partial charge in [0.2, 0.25) is 0 Å². The van der Waals surface area contributed by atoms with Crippen LogP contribution in [0.4, 0.5) is 5.69 Å². The Balaban J connectivity index is 2.30. The number of hydrogen-bond donors (Lipinski definition) is 0. The van der Waals surface area contributed by atoms with Crippen molar-refractivity contribution >= 4 is 38.8 Å². The summed E-state index contributed by atoms with van der Waals surface area (Å²) in [6.07, 6.45) is 0. The van der Waals surface area contributed by atoms with Crippen LogP contribution >= 0.6 is 11.6 Å². The third-order valence-corrected chi connectivity index (χ3v) is 4.71. The Kier molecular flexibility index (Phi) is 3.97. The van der Waals surface area contributed by atoms with Crippen LogP contribution in [0.3, 0.4) is 0 Å². The third-order valence-electron chi connectivity index (χ3n) is 4.39. The average Bonchev–Trinajstić information content (AvgIpc) is 2.77. The number of halogens is 1. The molecule has 7 heteroatoms. The van der Waals surface area contributed by atoms with E-state index in [0.29, 0.717) is 21.5 Å². The van der Waals surface area contributed by atoms with Crippen molar-refractivity contribution in [2.24, 2.45) is 0 Å². The Hall–Kier alpha value is -3.51. The van der Waals surface area contributed by atoms with Crippen LogP contribution < -0.4 is 11.1 Å². The van der Waals surface area contributed by atoms with E-state index in [9.17, 15) is 19.7 Å². The summed E-state index contributed by atoms with van der Waals surface area (Å²) in [7, 11) is 0. The van der Waals surface area contributed by atoms with Crippen LogP contribution in [0.1, 0.15) is 0 Å². The van der Waals surface area contributed by atoms with Crippen molar-refractivity contribution in [1.82, 2.24) is 4.57 Å². The molecule has 0 aliphatic heterocycles. The summed E-state index contributed by atoms with van der Waals surface area (Å²) in [6.45, 7) is 0. The molecule has 0 aliphatic carbocycles. The Bertz CT molecular complexity index is 1290. The number of hydrogen-bond acceptors (Lipinski definition) is 4. The number of non-ortho nitro benzene ring substituents is 1. The minimum atomic E-state index is -0.603. The maximum absolute atomic E-state index is 13.2. The zero-order valence-electron chi connectivity index (χ0n) is 13.8. The van der Waals surface area contributed by atoms with Gasteiger partial charge in [0.1, 0.15) is 0 Å². The summed E-state index contributed by atoms with van der Waals surface area (Å²) < 4.78 is 0.903. The van der Waals surface area contributed by atoms with Gasteiger partial charge in [0, 0.05) is 22.9 Å². The number of nitro benzene ring substituents is 1. The van der Waals surface area contributed by atoms with Crippen LogP contribution in [0, 0.1) is 10.1 Å². The summed E-state index contributed by atoms with van der Waals surface area (Å²) in [6, 6.07) is 17.4. The largest absolute Gasteiger partial charge is 0.271 e. The second kappa shape index (κ2) is 6.34. The molecule has 1 aromatic heterocycles. The minimum absolute atomic E-state index is 0.0210. The summed E-state index contributed by atoms with van der Waals surface area (Å²) in [4.78, 5) is 37.0. The van der Waals surface area contributed by atoms with Crippen molar-refractivity contribution in [3.05, 3.63) is 103 Å². The maximum Gasteiger partial charge on any atom is 0.271 e. The third kappa shape index (κ3) is 2.67. The molecule has 4 rings (SSSR count). The Morgan fingerprint density at radius 3 is 1.74 bits per heavy atom. The maximum atomic E-state index is 13.2. The highest BCUT2D eigenvalue weighted by molar-refractivity contribution is 6.32. The van der Waals surface area contributed by atoms with Crippen LogP contribution in [0.25, 0.3) is 27.2 Å². The summed E-state index contributed by atoms with van der Waals surface area (Å²) in [5.74, 6) is 0. The first-order valence-electron chi connectivity index (χ1n) is 8.00. The van der Waals surface area contributed by atoms with Crippen molar-refractivity contribution in [2.45, 2.75) is 0 Å². The quantitative estimate of drug-likeness (QED) is 0.389. The topological polar surface area (TPSA) is 82.2 Å². The summed E-state index contributed by atoms with van der Waals surface area (Å²) >= 11 is 6.20. The first-order valence-corrected chi connectivity index (χ1v) is 8.38. The first-order chi connectivity index (χ1) is 13.0. The predicted molar refractivity (Wildman–Crippen MR) is 105 cm³/mol. The molecule has 1 heterocycles. The summed E-state index contributed by atoms with van der Waals surface area (Å²) in [5, 5.41) is 13.1. The lowest BCUT2D eigenvalue weighted by atomic mass is 10.1. The van der Waals surface area contributed by atoms with Gasteiger partial charge in [-0.3, -0.25) is 19.7 Å². The normalized spacial score (nSPS) is 11.0. The highest BCUT2D eigenvalue weighted by atomic mass is 35.5. The molecule has 0 fully saturated rings. The smallest absolute Gasteiger partial charge is 0.268 e. The second-order valence-corrected chi connectivity index (χ2v) is 6.34. The van der Waals surface area contributed by atoms with Gasteiger partial charge in [-0.2, -0.15) is 0 Å². The number of aromatic nitrogens is 1. The van der Waals surface area contributed by atoms with Crippen molar-refractivity contribution in [2.75, 3.05) is 0 Å². The van der Waals surface area contributed by atoms with Gasteiger partial charge in [0.25, 0.3) is 16.8 Å². The molecule has 3 aromatic carbocycles. The Labute approximate surface area is 157 Å². The number of nitro groups is 1. The molecule has 0 N–H and O–H groups in total. The van der Waals surface area contributed by atoms with Crippen molar-refractivity contribution < 1.29 is 4.92 Å². The summed E-state index contributed by atoms with van der Waals surface area (Å²) in [5.41, 5.74) is -1.46. The van der Waals surface area contributed by atoms with E-state index < -0.39 is 16.0 Å².